The van der Waals surface area contributed by atoms with Crippen molar-refractivity contribution in [1.82, 2.24) is 34.0 Å². The van der Waals surface area contributed by atoms with Gasteiger partial charge in [-0.05, 0) is 12.1 Å². The van der Waals surface area contributed by atoms with E-state index in [4.69, 9.17) is 9.90 Å². The number of amides is 1. The minimum Gasteiger partial charge on any atom is -0.483 e. The molecule has 0 bridgehead atoms. The van der Waals surface area contributed by atoms with Gasteiger partial charge in [-0.2, -0.15) is 5.10 Å². The van der Waals surface area contributed by atoms with E-state index >= 15 is 0 Å². The molecule has 11 nitrogen and oxygen atoms in total. The summed E-state index contributed by atoms with van der Waals surface area (Å²) in [6, 6.07) is 5.26. The van der Waals surface area contributed by atoms with Gasteiger partial charge in [0.15, 0.2) is 0 Å². The van der Waals surface area contributed by atoms with Crippen LogP contribution in [0.3, 0.4) is 0 Å². The maximum absolute atomic E-state index is 13.2. The molecule has 4 aromatic heterocycles. The summed E-state index contributed by atoms with van der Waals surface area (Å²) in [5, 5.41) is 11.1. The topological polar surface area (TPSA) is 138 Å². The quantitative estimate of drug-likeness (QED) is 0.453. The van der Waals surface area contributed by atoms with E-state index < -0.39 is 0 Å². The zero-order valence-corrected chi connectivity index (χ0v) is 16.5. The second-order valence-electron chi connectivity index (χ2n) is 6.96. The molecule has 31 heavy (non-hydrogen) atoms. The first-order chi connectivity index (χ1) is 15.0. The molecule has 158 valence electrons. The highest BCUT2D eigenvalue weighted by molar-refractivity contribution is 5.94. The number of carbonyl (C=O) groups is 2. The molecular weight excluding hydrogens is 402 g/mol. The highest BCUT2D eigenvalue weighted by atomic mass is 16.3. The first kappa shape index (κ1) is 20.0. The lowest BCUT2D eigenvalue weighted by Gasteiger charge is -2.31. The van der Waals surface area contributed by atoms with Crippen LogP contribution in [0.25, 0.3) is 5.65 Å². The van der Waals surface area contributed by atoms with Crippen LogP contribution < -0.4 is 5.56 Å². The van der Waals surface area contributed by atoms with Crippen molar-refractivity contribution in [3.63, 3.8) is 0 Å². The van der Waals surface area contributed by atoms with E-state index in [9.17, 15) is 9.59 Å². The number of carboxylic acid groups (broad SMARTS) is 1. The number of rotatable bonds is 2. The van der Waals surface area contributed by atoms with Crippen molar-refractivity contribution in [1.29, 1.82) is 0 Å². The number of carbonyl (C=O) groups excluding carboxylic acids is 1. The van der Waals surface area contributed by atoms with Crippen LogP contribution in [0.5, 0.6) is 0 Å². The Bertz CT molecular complexity index is 1310. The Kier molecular flexibility index (Phi) is 5.31. The van der Waals surface area contributed by atoms with E-state index in [1.54, 1.807) is 46.5 Å². The van der Waals surface area contributed by atoms with Crippen LogP contribution in [0.4, 0.5) is 0 Å². The second kappa shape index (κ2) is 8.22. The van der Waals surface area contributed by atoms with E-state index in [2.05, 4.69) is 20.1 Å². The number of fused-ring (bicyclic) bond motifs is 2. The van der Waals surface area contributed by atoms with Gasteiger partial charge in [-0.3, -0.25) is 23.5 Å². The molecule has 5 rings (SSSR count). The zero-order valence-electron chi connectivity index (χ0n) is 16.5. The van der Waals surface area contributed by atoms with Crippen LogP contribution >= 0.6 is 0 Å². The maximum Gasteiger partial charge on any atom is 0.290 e. The van der Waals surface area contributed by atoms with Gasteiger partial charge in [0, 0.05) is 43.7 Å². The number of aryl methyl sites for hydroxylation is 1. The Morgan fingerprint density at radius 1 is 1.29 bits per heavy atom. The molecule has 4 aromatic rings. The summed E-state index contributed by atoms with van der Waals surface area (Å²) in [5.74, 6) is -0.450. The molecule has 1 atom stereocenters. The van der Waals surface area contributed by atoms with Crippen LogP contribution in [0.2, 0.25) is 0 Å². The van der Waals surface area contributed by atoms with Crippen molar-refractivity contribution in [2.75, 3.05) is 6.54 Å². The van der Waals surface area contributed by atoms with Gasteiger partial charge in [-0.25, -0.2) is 9.97 Å². The second-order valence-corrected chi connectivity index (χ2v) is 6.96. The lowest BCUT2D eigenvalue weighted by molar-refractivity contribution is -0.122. The molecule has 0 fully saturated rings. The summed E-state index contributed by atoms with van der Waals surface area (Å²) in [7, 11) is 1.85. The molecule has 1 aliphatic heterocycles. The summed E-state index contributed by atoms with van der Waals surface area (Å²) in [5.41, 5.74) is 2.93. The van der Waals surface area contributed by atoms with Gasteiger partial charge >= 0.3 is 0 Å². The average Bonchev–Trinajstić information content (AvgIpc) is 3.42. The SMILES string of the molecule is Cn1cc(C2CN(C(=O)c3cnc4ccccn4c3=O)Cc3[nH]cnc32)cn1.O=CO. The van der Waals surface area contributed by atoms with Gasteiger partial charge < -0.3 is 15.0 Å². The van der Waals surface area contributed by atoms with Gasteiger partial charge in [0.25, 0.3) is 17.9 Å². The van der Waals surface area contributed by atoms with E-state index in [1.807, 2.05) is 13.2 Å². The van der Waals surface area contributed by atoms with Crippen LogP contribution in [0, 0.1) is 0 Å². The number of nitrogens with zero attached hydrogens (tertiary/aromatic N) is 6. The minimum absolute atomic E-state index is 0.0524. The summed E-state index contributed by atoms with van der Waals surface area (Å²) < 4.78 is 3.11. The summed E-state index contributed by atoms with van der Waals surface area (Å²) >= 11 is 0. The Morgan fingerprint density at radius 3 is 2.84 bits per heavy atom. The first-order valence-corrected chi connectivity index (χ1v) is 9.37. The number of hydrogen-bond acceptors (Lipinski definition) is 6. The highest BCUT2D eigenvalue weighted by Gasteiger charge is 2.33. The maximum atomic E-state index is 13.2. The number of nitrogens with one attached hydrogen (secondary N) is 1. The largest absolute Gasteiger partial charge is 0.483 e. The summed E-state index contributed by atoms with van der Waals surface area (Å²) in [6.07, 6.45) is 8.31. The summed E-state index contributed by atoms with van der Waals surface area (Å²) in [6.45, 7) is 0.529. The Labute approximate surface area is 175 Å². The molecule has 0 radical (unpaired) electrons. The zero-order chi connectivity index (χ0) is 22.0. The van der Waals surface area contributed by atoms with Crippen molar-refractivity contribution >= 4 is 18.0 Å². The first-order valence-electron chi connectivity index (χ1n) is 9.37. The van der Waals surface area contributed by atoms with Gasteiger partial charge in [0.05, 0.1) is 30.5 Å². The number of hydrogen-bond donors (Lipinski definition) is 2. The molecule has 0 saturated heterocycles. The molecule has 2 N–H and O–H groups in total. The third-order valence-corrected chi connectivity index (χ3v) is 5.09. The third kappa shape index (κ3) is 3.68. The van der Waals surface area contributed by atoms with Gasteiger partial charge in [0.2, 0.25) is 0 Å². The van der Waals surface area contributed by atoms with E-state index in [0.717, 1.165) is 17.0 Å². The smallest absolute Gasteiger partial charge is 0.290 e. The molecule has 1 unspecified atom stereocenters. The van der Waals surface area contributed by atoms with Crippen molar-refractivity contribution in [2.24, 2.45) is 7.05 Å². The minimum atomic E-state index is -0.371. The van der Waals surface area contributed by atoms with Crippen molar-refractivity contribution in [2.45, 2.75) is 12.5 Å². The lowest BCUT2D eigenvalue weighted by Crippen LogP contribution is -2.41. The molecular formula is C20H19N7O4. The number of imidazole rings is 1. The predicted molar refractivity (Wildman–Crippen MR) is 109 cm³/mol. The van der Waals surface area contributed by atoms with E-state index in [-0.39, 0.29) is 29.4 Å². The lowest BCUT2D eigenvalue weighted by atomic mass is 9.93. The number of H-pyrrole nitrogens is 1. The monoisotopic (exact) mass is 421 g/mol. The van der Waals surface area contributed by atoms with Gasteiger partial charge in [-0.15, -0.1) is 0 Å². The Morgan fingerprint density at radius 2 is 2.10 bits per heavy atom. The number of aromatic nitrogens is 6. The van der Waals surface area contributed by atoms with Crippen molar-refractivity contribution in [3.8, 4) is 0 Å². The average molecular weight is 421 g/mol. The molecule has 0 saturated carbocycles. The Hall–Kier alpha value is -4.28. The molecule has 0 spiro atoms. The van der Waals surface area contributed by atoms with E-state index in [0.29, 0.717) is 18.7 Å². The molecule has 11 heteroatoms. The molecule has 0 aromatic carbocycles. The number of aromatic amines is 1. The van der Waals surface area contributed by atoms with Crippen LogP contribution in [0.1, 0.15) is 33.2 Å². The third-order valence-electron chi connectivity index (χ3n) is 5.09. The van der Waals surface area contributed by atoms with Crippen molar-refractivity contribution < 1.29 is 14.7 Å². The Balaban J connectivity index is 0.000000730. The normalized spacial score (nSPS) is 15.1. The molecule has 5 heterocycles. The van der Waals surface area contributed by atoms with Crippen LogP contribution in [0.15, 0.2) is 54.1 Å². The standard InChI is InChI=1S/C19H17N7O2.CH2O2/c1-24-8-12(6-23-24)14-9-25(10-15-17(14)22-11-21-15)18(27)13-7-20-16-4-2-3-5-26(16)19(13)28;2-1-3/h2-8,11,14H,9-10H2,1H3,(H,21,22);1H,(H,2,3). The molecule has 1 amide bonds. The van der Waals surface area contributed by atoms with E-state index in [1.165, 1.54) is 10.6 Å². The predicted octanol–water partition coefficient (Wildman–Crippen LogP) is 0.640. The van der Waals surface area contributed by atoms with Crippen LogP contribution in [-0.2, 0) is 18.4 Å². The fraction of sp³-hybridized carbons (Fsp3) is 0.200. The van der Waals surface area contributed by atoms with Gasteiger partial charge in [-0.1, -0.05) is 6.07 Å². The number of pyridine rings is 1. The highest BCUT2D eigenvalue weighted by Crippen LogP contribution is 2.31. The van der Waals surface area contributed by atoms with Crippen molar-refractivity contribution in [3.05, 3.63) is 82.2 Å². The fourth-order valence-corrected chi connectivity index (χ4v) is 3.70. The summed E-state index contributed by atoms with van der Waals surface area (Å²) in [4.78, 5) is 47.8. The molecule has 1 aliphatic rings. The molecule has 0 aliphatic carbocycles. The van der Waals surface area contributed by atoms with Gasteiger partial charge in [0.1, 0.15) is 11.2 Å². The fourth-order valence-electron chi connectivity index (χ4n) is 3.70. The van der Waals surface area contributed by atoms with Crippen LogP contribution in [-0.4, -0.2) is 58.1 Å².